The van der Waals surface area contributed by atoms with Crippen molar-refractivity contribution in [2.75, 3.05) is 51.0 Å². The van der Waals surface area contributed by atoms with Crippen LogP contribution in [0.1, 0.15) is 16.8 Å². The number of fused-ring (bicyclic) bond motifs is 1. The van der Waals surface area contributed by atoms with E-state index in [9.17, 15) is 18.0 Å². The van der Waals surface area contributed by atoms with Gasteiger partial charge >= 0.3 is 6.18 Å². The molecular weight excluding hydrogens is 411 g/mol. The zero-order chi connectivity index (χ0) is 22.2. The van der Waals surface area contributed by atoms with E-state index < -0.39 is 11.7 Å². The molecule has 7 nitrogen and oxygen atoms in total. The summed E-state index contributed by atoms with van der Waals surface area (Å²) >= 11 is 0. The minimum absolute atomic E-state index is 0.171. The van der Waals surface area contributed by atoms with Gasteiger partial charge < -0.3 is 4.74 Å². The molecule has 2 aliphatic rings. The van der Waals surface area contributed by atoms with E-state index in [2.05, 4.69) is 14.8 Å². The van der Waals surface area contributed by atoms with Crippen molar-refractivity contribution in [3.8, 4) is 0 Å². The molecule has 168 valence electrons. The standard InChI is InChI=1S/C21H26F3N5O2/c1-15-16(2)25-20-28(18-5-3-4-17(12-18)21(22,23)24)13-27(14-29(20)19(15)30)7-6-26-8-10-31-11-9-26/h3-5,12H,6-11,13-14H2,1-2H3. The third-order valence-corrected chi connectivity index (χ3v) is 5.86. The SMILES string of the molecule is Cc1nc2n(c(=O)c1C)CN(CCN1CCOCC1)CN2c1cccc(C(F)(F)F)c1. The van der Waals surface area contributed by atoms with E-state index in [0.29, 0.717) is 56.0 Å². The molecule has 1 fully saturated rings. The number of nitrogens with zero attached hydrogens (tertiary/aromatic N) is 5. The largest absolute Gasteiger partial charge is 0.416 e. The smallest absolute Gasteiger partial charge is 0.379 e. The maximum Gasteiger partial charge on any atom is 0.416 e. The van der Waals surface area contributed by atoms with Crippen LogP contribution >= 0.6 is 0 Å². The van der Waals surface area contributed by atoms with Gasteiger partial charge in [0.05, 0.1) is 32.1 Å². The zero-order valence-electron chi connectivity index (χ0n) is 17.7. The number of rotatable bonds is 4. The fraction of sp³-hybridized carbons (Fsp3) is 0.524. The molecule has 2 aromatic rings. The maximum absolute atomic E-state index is 13.3. The average molecular weight is 437 g/mol. The van der Waals surface area contributed by atoms with Crippen LogP contribution in [0.25, 0.3) is 0 Å². The molecule has 31 heavy (non-hydrogen) atoms. The topological polar surface area (TPSA) is 53.8 Å². The number of alkyl halides is 3. The van der Waals surface area contributed by atoms with E-state index in [1.807, 2.05) is 0 Å². The molecule has 1 aromatic heterocycles. The lowest BCUT2D eigenvalue weighted by Gasteiger charge is -2.39. The number of ether oxygens (including phenoxy) is 1. The predicted octanol–water partition coefficient (Wildman–Crippen LogP) is 2.58. The lowest BCUT2D eigenvalue weighted by atomic mass is 10.2. The van der Waals surface area contributed by atoms with Gasteiger partial charge in [0, 0.05) is 43.1 Å². The molecule has 0 spiro atoms. The Kier molecular flexibility index (Phi) is 6.05. The highest BCUT2D eigenvalue weighted by Gasteiger charge is 2.33. The Labute approximate surface area is 178 Å². The molecule has 0 N–H and O–H groups in total. The zero-order valence-corrected chi connectivity index (χ0v) is 17.7. The molecule has 4 rings (SSSR count). The summed E-state index contributed by atoms with van der Waals surface area (Å²) in [4.78, 5) is 23.5. The van der Waals surface area contributed by atoms with E-state index in [4.69, 9.17) is 4.74 Å². The highest BCUT2D eigenvalue weighted by molar-refractivity contribution is 5.59. The first kappa shape index (κ1) is 21.8. The van der Waals surface area contributed by atoms with Crippen LogP contribution < -0.4 is 10.5 Å². The number of benzene rings is 1. The Bertz CT molecular complexity index is 1000. The Balaban J connectivity index is 1.67. The Morgan fingerprint density at radius 2 is 1.77 bits per heavy atom. The molecule has 0 atom stereocenters. The molecule has 0 bridgehead atoms. The number of halogens is 3. The van der Waals surface area contributed by atoms with Crippen molar-refractivity contribution < 1.29 is 17.9 Å². The molecule has 0 aliphatic carbocycles. The normalized spacial score (nSPS) is 18.3. The molecule has 0 radical (unpaired) electrons. The molecule has 2 aliphatic heterocycles. The fourth-order valence-electron chi connectivity index (χ4n) is 3.88. The van der Waals surface area contributed by atoms with Crippen LogP contribution in [-0.4, -0.2) is 65.4 Å². The van der Waals surface area contributed by atoms with Crippen molar-refractivity contribution in [2.24, 2.45) is 0 Å². The second-order valence-corrected chi connectivity index (χ2v) is 7.96. The second kappa shape index (κ2) is 8.60. The lowest BCUT2D eigenvalue weighted by Crippen LogP contribution is -2.50. The first-order valence-corrected chi connectivity index (χ1v) is 10.3. The van der Waals surface area contributed by atoms with E-state index in [-0.39, 0.29) is 5.56 Å². The maximum atomic E-state index is 13.3. The van der Waals surface area contributed by atoms with Gasteiger partial charge in [-0.2, -0.15) is 13.2 Å². The molecule has 10 heteroatoms. The summed E-state index contributed by atoms with van der Waals surface area (Å²) < 4.78 is 46.8. The van der Waals surface area contributed by atoms with Crippen molar-refractivity contribution in [1.29, 1.82) is 0 Å². The summed E-state index contributed by atoms with van der Waals surface area (Å²) in [5.41, 5.74) is 0.580. The lowest BCUT2D eigenvalue weighted by molar-refractivity contribution is -0.137. The van der Waals surface area contributed by atoms with Crippen LogP contribution in [0.5, 0.6) is 0 Å². The Morgan fingerprint density at radius 3 is 2.48 bits per heavy atom. The highest BCUT2D eigenvalue weighted by Crippen LogP contribution is 2.34. The quantitative estimate of drug-likeness (QED) is 0.733. The van der Waals surface area contributed by atoms with Crippen LogP contribution in [0, 0.1) is 13.8 Å². The average Bonchev–Trinajstić information content (AvgIpc) is 2.76. The minimum Gasteiger partial charge on any atom is -0.379 e. The highest BCUT2D eigenvalue weighted by atomic mass is 19.4. The number of hydrogen-bond donors (Lipinski definition) is 0. The molecule has 3 heterocycles. The molecule has 1 aromatic carbocycles. The number of aryl methyl sites for hydroxylation is 1. The summed E-state index contributed by atoms with van der Waals surface area (Å²) in [7, 11) is 0. The van der Waals surface area contributed by atoms with Gasteiger partial charge in [-0.3, -0.25) is 24.1 Å². The van der Waals surface area contributed by atoms with Gasteiger partial charge in [0.2, 0.25) is 5.95 Å². The van der Waals surface area contributed by atoms with Crippen molar-refractivity contribution in [3.63, 3.8) is 0 Å². The fourth-order valence-corrected chi connectivity index (χ4v) is 3.88. The Hall–Kier alpha value is -2.43. The predicted molar refractivity (Wildman–Crippen MR) is 110 cm³/mol. The van der Waals surface area contributed by atoms with Gasteiger partial charge in [-0.25, -0.2) is 4.98 Å². The molecule has 0 amide bonds. The number of hydrogen-bond acceptors (Lipinski definition) is 6. The molecule has 0 saturated carbocycles. The molecule has 0 unspecified atom stereocenters. The number of morpholine rings is 1. The van der Waals surface area contributed by atoms with Gasteiger partial charge in [0.1, 0.15) is 0 Å². The molecule has 1 saturated heterocycles. The third-order valence-electron chi connectivity index (χ3n) is 5.86. The van der Waals surface area contributed by atoms with Crippen LogP contribution in [-0.2, 0) is 17.6 Å². The third kappa shape index (κ3) is 4.60. The first-order valence-electron chi connectivity index (χ1n) is 10.3. The van der Waals surface area contributed by atoms with E-state index in [1.54, 1.807) is 29.4 Å². The van der Waals surface area contributed by atoms with E-state index in [1.165, 1.54) is 6.07 Å². The Morgan fingerprint density at radius 1 is 1.06 bits per heavy atom. The van der Waals surface area contributed by atoms with Crippen LogP contribution in [0.15, 0.2) is 29.1 Å². The van der Waals surface area contributed by atoms with E-state index >= 15 is 0 Å². The summed E-state index contributed by atoms with van der Waals surface area (Å²) in [5.74, 6) is 0.370. The second-order valence-electron chi connectivity index (χ2n) is 7.96. The number of anilines is 2. The van der Waals surface area contributed by atoms with Gasteiger partial charge in [0.15, 0.2) is 0 Å². The minimum atomic E-state index is -4.45. The van der Waals surface area contributed by atoms with Crippen LogP contribution in [0.3, 0.4) is 0 Å². The summed E-state index contributed by atoms with van der Waals surface area (Å²) in [6.07, 6.45) is -4.45. The summed E-state index contributed by atoms with van der Waals surface area (Å²) in [6, 6.07) is 5.16. The van der Waals surface area contributed by atoms with Crippen LogP contribution in [0.2, 0.25) is 0 Å². The van der Waals surface area contributed by atoms with Crippen molar-refractivity contribution in [3.05, 3.63) is 51.4 Å². The monoisotopic (exact) mass is 437 g/mol. The van der Waals surface area contributed by atoms with Gasteiger partial charge in [-0.15, -0.1) is 0 Å². The van der Waals surface area contributed by atoms with E-state index in [0.717, 1.165) is 31.8 Å². The summed E-state index contributed by atoms with van der Waals surface area (Å²) in [6.45, 7) is 8.72. The molecular formula is C21H26F3N5O2. The van der Waals surface area contributed by atoms with Crippen molar-refractivity contribution >= 4 is 11.6 Å². The van der Waals surface area contributed by atoms with Crippen molar-refractivity contribution in [1.82, 2.24) is 19.4 Å². The van der Waals surface area contributed by atoms with Gasteiger partial charge in [-0.1, -0.05) is 6.07 Å². The van der Waals surface area contributed by atoms with Gasteiger partial charge in [-0.05, 0) is 32.0 Å². The van der Waals surface area contributed by atoms with Gasteiger partial charge in [0.25, 0.3) is 5.56 Å². The summed E-state index contributed by atoms with van der Waals surface area (Å²) in [5, 5.41) is 0. The first-order chi connectivity index (χ1) is 14.7. The van der Waals surface area contributed by atoms with Crippen LogP contribution in [0.4, 0.5) is 24.8 Å². The number of aromatic nitrogens is 2. The van der Waals surface area contributed by atoms with Crippen molar-refractivity contribution in [2.45, 2.75) is 26.7 Å².